The van der Waals surface area contributed by atoms with Gasteiger partial charge in [0, 0.05) is 0 Å². The molecule has 226 valence electrons. The van der Waals surface area contributed by atoms with Crippen molar-refractivity contribution in [2.45, 2.75) is 154 Å². The molecule has 0 aromatic rings. The fraction of sp³-hybridized carbons (Fsp3) is 0.857. The van der Waals surface area contributed by atoms with Crippen LogP contribution in [0.3, 0.4) is 0 Å². The van der Waals surface area contributed by atoms with Crippen LogP contribution in [0.2, 0.25) is 6.82 Å². The van der Waals surface area contributed by atoms with Gasteiger partial charge in [-0.25, -0.2) is 11.6 Å². The van der Waals surface area contributed by atoms with Crippen molar-refractivity contribution in [3.8, 4) is 0 Å². The van der Waals surface area contributed by atoms with Gasteiger partial charge in [-0.3, -0.25) is 4.79 Å². The molecule has 0 aromatic heterocycles. The molecule has 0 saturated heterocycles. The van der Waals surface area contributed by atoms with Crippen LogP contribution in [0.1, 0.15) is 147 Å². The van der Waals surface area contributed by atoms with Crippen LogP contribution in [0.15, 0.2) is 23.7 Å². The van der Waals surface area contributed by atoms with E-state index in [9.17, 15) is 4.79 Å². The Balaban J connectivity index is -0.000000420. The van der Waals surface area contributed by atoms with E-state index in [0.29, 0.717) is 5.47 Å². The molecule has 38 heavy (non-hydrogen) atoms. The van der Waals surface area contributed by atoms with E-state index in [1.54, 1.807) is 18.5 Å². The van der Waals surface area contributed by atoms with E-state index in [4.69, 9.17) is 0 Å². The molecule has 0 amide bonds. The summed E-state index contributed by atoms with van der Waals surface area (Å²) in [7, 11) is 0. The lowest BCUT2D eigenvalue weighted by Gasteiger charge is -2.37. The van der Waals surface area contributed by atoms with E-state index in [1.165, 1.54) is 69.8 Å². The minimum Gasteiger partial charge on any atom is -0.296 e. The molecule has 0 aromatic carbocycles. The Kier molecular flexibility index (Phi) is 29.6. The van der Waals surface area contributed by atoms with Crippen molar-refractivity contribution >= 4 is 23.4 Å². The highest BCUT2D eigenvalue weighted by molar-refractivity contribution is 8.25. The summed E-state index contributed by atoms with van der Waals surface area (Å²) in [6.45, 7) is 31.8. The van der Waals surface area contributed by atoms with Gasteiger partial charge in [-0.2, -0.15) is 0 Å². The summed E-state index contributed by atoms with van der Waals surface area (Å²) in [6, 6.07) is 0. The van der Waals surface area contributed by atoms with Crippen LogP contribution in [0.25, 0.3) is 0 Å². The van der Waals surface area contributed by atoms with E-state index >= 15 is 0 Å². The number of carbonyl (C=O) groups is 1. The number of Topliss-reactive ketones (excluding diaryl/α,β-unsaturated/α-hetero) is 1. The molecule has 0 heterocycles. The Morgan fingerprint density at radius 1 is 0.974 bits per heavy atom. The van der Waals surface area contributed by atoms with Crippen LogP contribution < -0.4 is 0 Å². The van der Waals surface area contributed by atoms with Crippen LogP contribution in [-0.2, 0) is 4.79 Å². The Morgan fingerprint density at radius 2 is 1.45 bits per heavy atom. The first-order valence-electron chi connectivity index (χ1n) is 16.1. The van der Waals surface area contributed by atoms with E-state index in [0.717, 1.165) is 35.5 Å². The number of rotatable bonds is 8. The standard InChI is InChI=1S/3C9H18.C6H11BOS.C2H6/c1-8-4-3-5-9(2)7-6-8;1-4-8-5-9(6-8)7(2)3;1-5-9(4)7-6-8(2)3;1-5(6(2)8)7(3)9-4;1-2/h8-9H,3-7H2,1-2H3;7-9H,4-6H2,1-3H3;6,9H,5,7H2,1-4H3;1H2,2-4H3;1-2H3/t8-,9+;;;;. The minimum atomic E-state index is 0.0943. The smallest absolute Gasteiger partial charge is 0.242 e. The first kappa shape index (κ1) is 42.0. The van der Waals surface area contributed by atoms with Crippen molar-refractivity contribution in [3.63, 3.8) is 0 Å². The van der Waals surface area contributed by atoms with Gasteiger partial charge in [0.1, 0.15) is 5.78 Å². The highest BCUT2D eigenvalue weighted by Gasteiger charge is 2.29. The summed E-state index contributed by atoms with van der Waals surface area (Å²) < 4.78 is 0. The second kappa shape index (κ2) is 26.8. The largest absolute Gasteiger partial charge is 0.296 e. The Labute approximate surface area is 247 Å². The lowest BCUT2D eigenvalue weighted by Crippen LogP contribution is -2.26. The first-order chi connectivity index (χ1) is 17.8. The molecule has 2 aliphatic carbocycles. The molecular weight excluding hydrogens is 479 g/mol. The van der Waals surface area contributed by atoms with E-state index in [2.05, 4.69) is 75.0 Å². The maximum atomic E-state index is 10.6. The van der Waals surface area contributed by atoms with E-state index in [-0.39, 0.29) is 11.8 Å². The fourth-order valence-corrected chi connectivity index (χ4v) is 4.82. The molecule has 2 fully saturated rings. The predicted molar refractivity (Wildman–Crippen MR) is 183 cm³/mol. The first-order valence-corrected chi connectivity index (χ1v) is 17.4. The van der Waals surface area contributed by atoms with Crippen LogP contribution >= 0.6 is 11.6 Å². The third-order valence-electron chi connectivity index (χ3n) is 8.26. The monoisotopic (exact) mass is 551 g/mol. The third kappa shape index (κ3) is 24.6. The molecule has 2 saturated carbocycles. The van der Waals surface area contributed by atoms with Crippen molar-refractivity contribution < 1.29 is 4.79 Å². The van der Waals surface area contributed by atoms with E-state index in [1.807, 2.05) is 26.9 Å². The van der Waals surface area contributed by atoms with Gasteiger partial charge in [-0.1, -0.05) is 126 Å². The molecule has 0 aliphatic heterocycles. The normalized spacial score (nSPS) is 22.5. The summed E-state index contributed by atoms with van der Waals surface area (Å²) in [4.78, 5) is 10.6. The van der Waals surface area contributed by atoms with Gasteiger partial charge in [0.05, 0.1) is 0 Å². The summed E-state index contributed by atoms with van der Waals surface area (Å²) in [6.07, 6.45) is 18.6. The Hall–Kier alpha value is -0.435. The zero-order chi connectivity index (χ0) is 30.3. The molecule has 2 rings (SSSR count). The molecular formula is C35H71BOS. The summed E-state index contributed by atoms with van der Waals surface area (Å²) >= 11 is 1.64. The topological polar surface area (TPSA) is 17.1 Å². The zero-order valence-electron chi connectivity index (χ0n) is 28.7. The maximum absolute atomic E-state index is 10.6. The maximum Gasteiger partial charge on any atom is 0.242 e. The van der Waals surface area contributed by atoms with Gasteiger partial charge in [0.2, 0.25) is 5.99 Å². The molecule has 0 N–H and O–H groups in total. The number of carbonyl (C=O) groups excluding carboxylic acids is 1. The van der Waals surface area contributed by atoms with Gasteiger partial charge in [-0.05, 0) is 87.3 Å². The SMILES string of the molecule is C=C(B(C)SC)C(C)=O.CC.CCC(C)CC=C(C)C.CCC1CC(C(C)C)C1.C[C@@H]1CCC[C@H](C)CC1. The summed E-state index contributed by atoms with van der Waals surface area (Å²) in [5.74, 6) is 6.32. The molecule has 3 heteroatoms. The number of hydrogen-bond donors (Lipinski definition) is 0. The van der Waals surface area contributed by atoms with Crippen LogP contribution in [0.5, 0.6) is 0 Å². The quantitative estimate of drug-likeness (QED) is 0.129. The Bertz CT molecular complexity index is 577. The average Bonchev–Trinajstić information content (AvgIpc) is 3.05. The van der Waals surface area contributed by atoms with Gasteiger partial charge in [0.15, 0.2) is 0 Å². The molecule has 0 spiro atoms. The van der Waals surface area contributed by atoms with Crippen molar-refractivity contribution in [2.75, 3.05) is 6.26 Å². The number of ketones is 1. The van der Waals surface area contributed by atoms with Gasteiger partial charge in [-0.15, -0.1) is 6.58 Å². The lowest BCUT2D eigenvalue weighted by molar-refractivity contribution is -0.113. The van der Waals surface area contributed by atoms with Crippen molar-refractivity contribution in [3.05, 3.63) is 23.7 Å². The zero-order valence-corrected chi connectivity index (χ0v) is 29.5. The lowest BCUT2D eigenvalue weighted by atomic mass is 9.69. The van der Waals surface area contributed by atoms with Crippen LogP contribution in [0.4, 0.5) is 0 Å². The van der Waals surface area contributed by atoms with Crippen LogP contribution in [-0.4, -0.2) is 18.0 Å². The van der Waals surface area contributed by atoms with Crippen molar-refractivity contribution in [2.24, 2.45) is 35.5 Å². The Morgan fingerprint density at radius 3 is 1.74 bits per heavy atom. The second-order valence-electron chi connectivity index (χ2n) is 12.5. The molecule has 1 nitrogen and oxygen atoms in total. The number of hydrogen-bond acceptors (Lipinski definition) is 2. The summed E-state index contributed by atoms with van der Waals surface area (Å²) in [5, 5.41) is 0. The molecule has 3 atom stereocenters. The van der Waals surface area contributed by atoms with Crippen molar-refractivity contribution in [1.29, 1.82) is 0 Å². The third-order valence-corrected chi connectivity index (χ3v) is 9.25. The van der Waals surface area contributed by atoms with Gasteiger partial charge >= 0.3 is 0 Å². The highest BCUT2D eigenvalue weighted by atomic mass is 32.2. The molecule has 2 aliphatic rings. The number of allylic oxidation sites excluding steroid dienone is 3. The average molecular weight is 551 g/mol. The van der Waals surface area contributed by atoms with E-state index < -0.39 is 0 Å². The van der Waals surface area contributed by atoms with Crippen molar-refractivity contribution in [1.82, 2.24) is 0 Å². The molecule has 0 radical (unpaired) electrons. The van der Waals surface area contributed by atoms with Gasteiger partial charge < -0.3 is 0 Å². The summed E-state index contributed by atoms with van der Waals surface area (Å²) in [5.41, 5.74) is 2.15. The molecule has 0 bridgehead atoms. The van der Waals surface area contributed by atoms with Gasteiger partial charge in [0.25, 0.3) is 0 Å². The molecule has 1 unspecified atom stereocenters. The highest BCUT2D eigenvalue weighted by Crippen LogP contribution is 2.40. The minimum absolute atomic E-state index is 0.0943. The second-order valence-corrected chi connectivity index (χ2v) is 13.6. The predicted octanol–water partition coefficient (Wildman–Crippen LogP) is 12.4. The van der Waals surface area contributed by atoms with Crippen LogP contribution in [0, 0.1) is 35.5 Å². The fourth-order valence-electron chi connectivity index (χ4n) is 4.37.